The number of carbonyl (C=O) groups excluding carboxylic acids is 4. The molecule has 7 unspecified atom stereocenters. The van der Waals surface area contributed by atoms with Crippen molar-refractivity contribution in [3.05, 3.63) is 23.8 Å². The van der Waals surface area contributed by atoms with Crippen molar-refractivity contribution in [3.8, 4) is 0 Å². The van der Waals surface area contributed by atoms with Crippen LogP contribution in [-0.2, 0) is 23.9 Å². The van der Waals surface area contributed by atoms with Gasteiger partial charge >= 0.3 is 5.97 Å². The van der Waals surface area contributed by atoms with Crippen molar-refractivity contribution in [2.45, 2.75) is 64.6 Å². The Hall–Kier alpha value is -2.15. The average Bonchev–Trinajstić information content (AvgIpc) is 2.89. The highest BCUT2D eigenvalue weighted by molar-refractivity contribution is 6.03. The summed E-state index contributed by atoms with van der Waals surface area (Å²) in [5, 5.41) is 11.6. The number of carbonyl (C=O) groups is 4. The molecule has 4 aliphatic carbocycles. The van der Waals surface area contributed by atoms with E-state index in [1.54, 1.807) is 20.8 Å². The molecular weight excluding hydrogens is 403 g/mol. The van der Waals surface area contributed by atoms with E-state index in [0.717, 1.165) is 0 Å². The summed E-state index contributed by atoms with van der Waals surface area (Å²) in [4.78, 5) is 49.6. The molecular formula is C24H29FO6. The standard InChI is InChI=1S/C24H29FO6/c1-13-9-18-17-6-5-15-10-16(27)7-8-21(15,3)23(17,25)19(28)11-22(18,4)24(13,30)20(29)12-31-14(2)26/h7-8,10,13,17-18,30H,5-6,9,11-12H2,1-4H3. The van der Waals surface area contributed by atoms with Crippen molar-refractivity contribution >= 4 is 23.3 Å². The predicted molar refractivity (Wildman–Crippen MR) is 108 cm³/mol. The van der Waals surface area contributed by atoms with Crippen LogP contribution in [-0.4, -0.2) is 46.3 Å². The number of halogens is 1. The monoisotopic (exact) mass is 432 g/mol. The number of rotatable bonds is 3. The van der Waals surface area contributed by atoms with Crippen LogP contribution in [0.3, 0.4) is 0 Å². The second-order valence-corrected chi connectivity index (χ2v) is 10.2. The molecule has 0 amide bonds. The van der Waals surface area contributed by atoms with Crippen molar-refractivity contribution in [1.29, 1.82) is 0 Å². The summed E-state index contributed by atoms with van der Waals surface area (Å²) in [6, 6.07) is 0. The third-order valence-electron chi connectivity index (χ3n) is 8.82. The molecule has 0 aliphatic heterocycles. The summed E-state index contributed by atoms with van der Waals surface area (Å²) in [5.41, 5.74) is -5.84. The highest BCUT2D eigenvalue weighted by Crippen LogP contribution is 2.69. The number of Topliss-reactive ketones (excluding diaryl/α,β-unsaturated/α-hetero) is 2. The fourth-order valence-corrected chi connectivity index (χ4v) is 7.15. The molecule has 6 nitrogen and oxygen atoms in total. The number of fused-ring (bicyclic) bond motifs is 5. The molecule has 1 N–H and O–H groups in total. The second kappa shape index (κ2) is 6.67. The van der Waals surface area contributed by atoms with Crippen LogP contribution in [0.2, 0.25) is 0 Å². The number of ether oxygens (including phenoxy) is 1. The smallest absolute Gasteiger partial charge is 0.303 e. The van der Waals surface area contributed by atoms with Crippen molar-refractivity contribution < 1.29 is 33.4 Å². The third-order valence-corrected chi connectivity index (χ3v) is 8.82. The molecule has 0 spiro atoms. The lowest BCUT2D eigenvalue weighted by molar-refractivity contribution is -0.188. The van der Waals surface area contributed by atoms with Crippen molar-refractivity contribution in [2.75, 3.05) is 6.61 Å². The molecule has 0 aromatic rings. The summed E-state index contributed by atoms with van der Waals surface area (Å²) in [6.45, 7) is 5.70. The van der Waals surface area contributed by atoms with E-state index in [-0.39, 0.29) is 12.2 Å². The molecule has 4 rings (SSSR count). The van der Waals surface area contributed by atoms with Gasteiger partial charge in [0.1, 0.15) is 5.60 Å². The molecule has 0 aromatic heterocycles. The minimum Gasteiger partial charge on any atom is -0.458 e. The Kier molecular flexibility index (Phi) is 4.75. The van der Waals surface area contributed by atoms with Crippen LogP contribution in [0.25, 0.3) is 0 Å². The third kappa shape index (κ3) is 2.58. The maximum absolute atomic E-state index is 16.9. The van der Waals surface area contributed by atoms with E-state index in [9.17, 15) is 24.3 Å². The first-order valence-corrected chi connectivity index (χ1v) is 10.9. The molecule has 3 fully saturated rings. The van der Waals surface area contributed by atoms with E-state index < -0.39 is 64.0 Å². The number of esters is 1. The molecule has 168 valence electrons. The molecule has 0 bridgehead atoms. The summed E-state index contributed by atoms with van der Waals surface area (Å²) < 4.78 is 21.8. The number of alkyl halides is 1. The van der Waals surface area contributed by atoms with E-state index in [0.29, 0.717) is 24.8 Å². The second-order valence-electron chi connectivity index (χ2n) is 10.2. The quantitative estimate of drug-likeness (QED) is 0.689. The predicted octanol–water partition coefficient (Wildman–Crippen LogP) is 2.67. The van der Waals surface area contributed by atoms with Crippen LogP contribution in [0.4, 0.5) is 4.39 Å². The number of hydrogen-bond acceptors (Lipinski definition) is 6. The van der Waals surface area contributed by atoms with Gasteiger partial charge in [0.15, 0.2) is 23.8 Å². The first kappa shape index (κ1) is 22.1. The van der Waals surface area contributed by atoms with Crippen LogP contribution in [0, 0.1) is 28.6 Å². The van der Waals surface area contributed by atoms with E-state index in [2.05, 4.69) is 0 Å². The minimum atomic E-state index is -2.21. The molecule has 0 saturated heterocycles. The van der Waals surface area contributed by atoms with Gasteiger partial charge in [-0.3, -0.25) is 19.2 Å². The molecule has 4 aliphatic rings. The Morgan fingerprint density at radius 2 is 1.94 bits per heavy atom. The van der Waals surface area contributed by atoms with Crippen LogP contribution in [0.1, 0.15) is 53.4 Å². The molecule has 7 heteroatoms. The lowest BCUT2D eigenvalue weighted by atomic mass is 9.45. The van der Waals surface area contributed by atoms with Gasteiger partial charge in [0.2, 0.25) is 5.78 Å². The van der Waals surface area contributed by atoms with E-state index in [1.165, 1.54) is 25.2 Å². The summed E-state index contributed by atoms with van der Waals surface area (Å²) in [6.07, 6.45) is 5.23. The molecule has 0 aromatic carbocycles. The Balaban J connectivity index is 1.77. The van der Waals surface area contributed by atoms with Crippen LogP contribution >= 0.6 is 0 Å². The zero-order valence-corrected chi connectivity index (χ0v) is 18.4. The van der Waals surface area contributed by atoms with Crippen molar-refractivity contribution in [1.82, 2.24) is 0 Å². The van der Waals surface area contributed by atoms with Gasteiger partial charge in [-0.2, -0.15) is 0 Å². The zero-order chi connectivity index (χ0) is 23.0. The van der Waals surface area contributed by atoms with Gasteiger partial charge in [0, 0.05) is 30.1 Å². The maximum atomic E-state index is 16.9. The first-order chi connectivity index (χ1) is 14.3. The number of ketones is 3. The fourth-order valence-electron chi connectivity index (χ4n) is 7.15. The van der Waals surface area contributed by atoms with Gasteiger partial charge < -0.3 is 9.84 Å². The Labute approximate surface area is 180 Å². The number of allylic oxidation sites excluding steroid dienone is 4. The van der Waals surface area contributed by atoms with Crippen molar-refractivity contribution in [3.63, 3.8) is 0 Å². The highest BCUT2D eigenvalue weighted by atomic mass is 19.1. The fraction of sp³-hybridized carbons (Fsp3) is 0.667. The zero-order valence-electron chi connectivity index (χ0n) is 18.4. The summed E-state index contributed by atoms with van der Waals surface area (Å²) >= 11 is 0. The van der Waals surface area contributed by atoms with Gasteiger partial charge in [-0.1, -0.05) is 25.5 Å². The van der Waals surface area contributed by atoms with Gasteiger partial charge in [0.05, 0.1) is 0 Å². The topological polar surface area (TPSA) is 97.7 Å². The van der Waals surface area contributed by atoms with Gasteiger partial charge in [-0.15, -0.1) is 0 Å². The van der Waals surface area contributed by atoms with Crippen LogP contribution < -0.4 is 0 Å². The lowest BCUT2D eigenvalue weighted by Gasteiger charge is -2.59. The van der Waals surface area contributed by atoms with Gasteiger partial charge in [-0.05, 0) is 50.2 Å². The minimum absolute atomic E-state index is 0.206. The Morgan fingerprint density at radius 1 is 1.26 bits per heavy atom. The largest absolute Gasteiger partial charge is 0.458 e. The summed E-state index contributed by atoms with van der Waals surface area (Å²) in [7, 11) is 0. The maximum Gasteiger partial charge on any atom is 0.303 e. The number of aliphatic hydroxyl groups is 1. The van der Waals surface area contributed by atoms with Gasteiger partial charge in [0.25, 0.3) is 0 Å². The summed E-state index contributed by atoms with van der Waals surface area (Å²) in [5.74, 6) is -3.74. The molecule has 31 heavy (non-hydrogen) atoms. The SMILES string of the molecule is CC(=O)OCC(=O)C1(O)C(C)CC2C3CCC4=CC(=O)C=CC4(C)C3(F)C(=O)CC21C. The number of hydrogen-bond donors (Lipinski definition) is 1. The van der Waals surface area contributed by atoms with Crippen molar-refractivity contribution in [2.24, 2.45) is 28.6 Å². The van der Waals surface area contributed by atoms with Crippen LogP contribution in [0.15, 0.2) is 23.8 Å². The van der Waals surface area contributed by atoms with E-state index in [1.807, 2.05) is 0 Å². The molecule has 0 radical (unpaired) electrons. The molecule has 7 atom stereocenters. The average molecular weight is 432 g/mol. The van der Waals surface area contributed by atoms with E-state index in [4.69, 9.17) is 4.74 Å². The normalized spacial score (nSPS) is 46.0. The molecule has 0 heterocycles. The first-order valence-electron chi connectivity index (χ1n) is 10.9. The Morgan fingerprint density at radius 3 is 2.58 bits per heavy atom. The lowest BCUT2D eigenvalue weighted by Crippen LogP contribution is -2.68. The Bertz CT molecular complexity index is 952. The molecule has 3 saturated carbocycles. The van der Waals surface area contributed by atoms with Gasteiger partial charge in [-0.25, -0.2) is 4.39 Å². The van der Waals surface area contributed by atoms with Crippen LogP contribution in [0.5, 0.6) is 0 Å². The highest BCUT2D eigenvalue weighted by Gasteiger charge is 2.75. The van der Waals surface area contributed by atoms with E-state index >= 15 is 4.39 Å².